The van der Waals surface area contributed by atoms with Crippen molar-refractivity contribution < 1.29 is 19.1 Å². The number of Topliss-reactive ketones (excluding diaryl/α,β-unsaturated/α-hetero) is 1. The molecule has 0 spiro atoms. The Balaban J connectivity index is 1.71. The summed E-state index contributed by atoms with van der Waals surface area (Å²) in [6, 6.07) is 15.5. The number of hydrogen-bond donors (Lipinski definition) is 1. The fourth-order valence-corrected chi connectivity index (χ4v) is 4.49. The summed E-state index contributed by atoms with van der Waals surface area (Å²) in [4.78, 5) is 25.9. The van der Waals surface area contributed by atoms with Crippen molar-refractivity contribution in [1.29, 1.82) is 0 Å². The number of methoxy groups -OCH3 is 1. The maximum atomic E-state index is 13.3. The van der Waals surface area contributed by atoms with E-state index in [4.69, 9.17) is 9.47 Å². The lowest BCUT2D eigenvalue weighted by Crippen LogP contribution is -2.38. The molecule has 2 aliphatic rings. The molecular weight excluding hydrogens is 378 g/mol. The monoisotopic (exact) mass is 405 g/mol. The second-order valence-corrected chi connectivity index (χ2v) is 8.21. The van der Waals surface area contributed by atoms with Crippen LogP contribution in [0.25, 0.3) is 0 Å². The Morgan fingerprint density at radius 1 is 1.00 bits per heavy atom. The number of allylic oxidation sites excluding steroid dienone is 2. The minimum atomic E-state index is -0.276. The summed E-state index contributed by atoms with van der Waals surface area (Å²) in [5.41, 5.74) is 3.43. The van der Waals surface area contributed by atoms with Gasteiger partial charge in [0.15, 0.2) is 5.78 Å². The molecule has 0 fully saturated rings. The van der Waals surface area contributed by atoms with E-state index in [-0.39, 0.29) is 36.1 Å². The number of ether oxygens (including phenoxy) is 2. The summed E-state index contributed by atoms with van der Waals surface area (Å²) in [6.45, 7) is 3.94. The van der Waals surface area contributed by atoms with Gasteiger partial charge in [-0.2, -0.15) is 0 Å². The Morgan fingerprint density at radius 3 is 2.57 bits per heavy atom. The van der Waals surface area contributed by atoms with E-state index >= 15 is 0 Å². The van der Waals surface area contributed by atoms with E-state index in [2.05, 4.69) is 5.32 Å². The third kappa shape index (κ3) is 3.97. The molecule has 2 aromatic carbocycles. The molecule has 0 radical (unpaired) electrons. The SMILES string of the molecule is COc1cccc(C2CC(=O)C3=C(C2)NC(=O)CC3c2ccccc2OC(C)C)c1. The number of carbonyl (C=O) groups is 2. The lowest BCUT2D eigenvalue weighted by atomic mass is 9.73. The molecule has 1 amide bonds. The number of para-hydroxylation sites is 1. The predicted octanol–water partition coefficient (Wildman–Crippen LogP) is 4.49. The maximum absolute atomic E-state index is 13.3. The molecule has 1 aliphatic carbocycles. The highest BCUT2D eigenvalue weighted by atomic mass is 16.5. The van der Waals surface area contributed by atoms with Crippen LogP contribution >= 0.6 is 0 Å². The van der Waals surface area contributed by atoms with Gasteiger partial charge in [0.1, 0.15) is 11.5 Å². The Hall–Kier alpha value is -3.08. The van der Waals surface area contributed by atoms with Crippen LogP contribution in [-0.4, -0.2) is 24.9 Å². The summed E-state index contributed by atoms with van der Waals surface area (Å²) in [5.74, 6) is 1.28. The van der Waals surface area contributed by atoms with E-state index < -0.39 is 0 Å². The van der Waals surface area contributed by atoms with Crippen LogP contribution in [0, 0.1) is 0 Å². The quantitative estimate of drug-likeness (QED) is 0.796. The lowest BCUT2D eigenvalue weighted by molar-refractivity contribution is -0.122. The Bertz CT molecular complexity index is 1010. The number of carbonyl (C=O) groups excluding carboxylic acids is 2. The van der Waals surface area contributed by atoms with Crippen LogP contribution in [0.4, 0.5) is 0 Å². The Labute approximate surface area is 177 Å². The molecule has 1 heterocycles. The van der Waals surface area contributed by atoms with Gasteiger partial charge < -0.3 is 14.8 Å². The van der Waals surface area contributed by atoms with Crippen LogP contribution in [0.1, 0.15) is 56.1 Å². The van der Waals surface area contributed by atoms with Gasteiger partial charge in [-0.1, -0.05) is 30.3 Å². The fourth-order valence-electron chi connectivity index (χ4n) is 4.49. The number of ketones is 1. The van der Waals surface area contributed by atoms with Crippen LogP contribution in [0.3, 0.4) is 0 Å². The van der Waals surface area contributed by atoms with Crippen molar-refractivity contribution in [3.8, 4) is 11.5 Å². The van der Waals surface area contributed by atoms with Crippen LogP contribution in [0.5, 0.6) is 11.5 Å². The number of hydrogen-bond acceptors (Lipinski definition) is 4. The molecule has 1 aliphatic heterocycles. The van der Waals surface area contributed by atoms with Gasteiger partial charge >= 0.3 is 0 Å². The molecule has 30 heavy (non-hydrogen) atoms. The van der Waals surface area contributed by atoms with Crippen LogP contribution in [0.2, 0.25) is 0 Å². The van der Waals surface area contributed by atoms with Gasteiger partial charge in [-0.3, -0.25) is 9.59 Å². The molecule has 2 atom stereocenters. The number of amides is 1. The van der Waals surface area contributed by atoms with Gasteiger partial charge in [-0.25, -0.2) is 0 Å². The molecule has 156 valence electrons. The zero-order chi connectivity index (χ0) is 21.3. The van der Waals surface area contributed by atoms with Gasteiger partial charge in [0.05, 0.1) is 13.2 Å². The standard InChI is InChI=1S/C25H27NO4/c1-15(2)30-23-10-5-4-9-19(23)20-14-24(28)26-21-12-17(13-22(27)25(20)21)16-7-6-8-18(11-16)29-3/h4-11,15,17,20H,12-14H2,1-3H3,(H,26,28). The summed E-state index contributed by atoms with van der Waals surface area (Å²) >= 11 is 0. The average molecular weight is 405 g/mol. The van der Waals surface area contributed by atoms with Gasteiger partial charge in [0.25, 0.3) is 0 Å². The van der Waals surface area contributed by atoms with Gasteiger partial charge in [0.2, 0.25) is 5.91 Å². The van der Waals surface area contributed by atoms with E-state index in [1.807, 2.05) is 62.4 Å². The lowest BCUT2D eigenvalue weighted by Gasteiger charge is -2.35. The Kier molecular flexibility index (Phi) is 5.62. The molecule has 1 N–H and O–H groups in total. The maximum Gasteiger partial charge on any atom is 0.225 e. The Morgan fingerprint density at radius 2 is 1.80 bits per heavy atom. The third-order valence-corrected chi connectivity index (χ3v) is 5.76. The van der Waals surface area contributed by atoms with Crippen molar-refractivity contribution in [2.75, 3.05) is 7.11 Å². The molecule has 0 aromatic heterocycles. The zero-order valence-electron chi connectivity index (χ0n) is 17.6. The molecule has 2 unspecified atom stereocenters. The van der Waals surface area contributed by atoms with E-state index in [0.717, 1.165) is 33.9 Å². The fraction of sp³-hybridized carbons (Fsp3) is 0.360. The van der Waals surface area contributed by atoms with Crippen molar-refractivity contribution in [3.63, 3.8) is 0 Å². The largest absolute Gasteiger partial charge is 0.497 e. The van der Waals surface area contributed by atoms with E-state index in [0.29, 0.717) is 12.8 Å². The van der Waals surface area contributed by atoms with Crippen molar-refractivity contribution >= 4 is 11.7 Å². The predicted molar refractivity (Wildman–Crippen MR) is 115 cm³/mol. The molecule has 0 saturated carbocycles. The minimum absolute atomic E-state index is 0.0107. The number of nitrogens with one attached hydrogen (secondary N) is 1. The first kappa shape index (κ1) is 20.2. The van der Waals surface area contributed by atoms with Crippen LogP contribution in [0.15, 0.2) is 59.8 Å². The van der Waals surface area contributed by atoms with E-state index in [9.17, 15) is 9.59 Å². The van der Waals surface area contributed by atoms with E-state index in [1.54, 1.807) is 7.11 Å². The second-order valence-electron chi connectivity index (χ2n) is 8.21. The molecule has 2 aromatic rings. The average Bonchev–Trinajstić information content (AvgIpc) is 2.73. The molecule has 4 rings (SSSR count). The highest BCUT2D eigenvalue weighted by molar-refractivity contribution is 6.02. The normalized spacial score (nSPS) is 21.3. The first-order chi connectivity index (χ1) is 14.5. The van der Waals surface area contributed by atoms with Crippen LogP contribution < -0.4 is 14.8 Å². The zero-order valence-corrected chi connectivity index (χ0v) is 17.6. The van der Waals surface area contributed by atoms with Crippen molar-refractivity contribution in [3.05, 3.63) is 70.9 Å². The molecule has 5 heteroatoms. The minimum Gasteiger partial charge on any atom is -0.497 e. The first-order valence-electron chi connectivity index (χ1n) is 10.4. The molecule has 0 saturated heterocycles. The van der Waals surface area contributed by atoms with Crippen LogP contribution in [-0.2, 0) is 9.59 Å². The summed E-state index contributed by atoms with van der Waals surface area (Å²) in [6.07, 6.45) is 1.32. The highest BCUT2D eigenvalue weighted by Crippen LogP contribution is 2.45. The van der Waals surface area contributed by atoms with E-state index in [1.165, 1.54) is 0 Å². The smallest absolute Gasteiger partial charge is 0.225 e. The van der Waals surface area contributed by atoms with Crippen molar-refractivity contribution in [1.82, 2.24) is 5.32 Å². The van der Waals surface area contributed by atoms with Gasteiger partial charge in [-0.05, 0) is 49.9 Å². The van der Waals surface area contributed by atoms with Gasteiger partial charge in [-0.15, -0.1) is 0 Å². The second kappa shape index (κ2) is 8.34. The summed E-state index contributed by atoms with van der Waals surface area (Å²) < 4.78 is 11.3. The third-order valence-electron chi connectivity index (χ3n) is 5.76. The van der Waals surface area contributed by atoms with Crippen molar-refractivity contribution in [2.45, 2.75) is 51.0 Å². The molecular formula is C25H27NO4. The number of rotatable bonds is 5. The summed E-state index contributed by atoms with van der Waals surface area (Å²) in [5, 5.41) is 2.98. The number of benzene rings is 2. The topological polar surface area (TPSA) is 64.6 Å². The van der Waals surface area contributed by atoms with Crippen molar-refractivity contribution in [2.24, 2.45) is 0 Å². The van der Waals surface area contributed by atoms with Gasteiger partial charge in [0, 0.05) is 35.6 Å². The molecule has 0 bridgehead atoms. The summed E-state index contributed by atoms with van der Waals surface area (Å²) in [7, 11) is 1.63. The molecule has 5 nitrogen and oxygen atoms in total. The highest BCUT2D eigenvalue weighted by Gasteiger charge is 2.39. The first-order valence-corrected chi connectivity index (χ1v) is 10.4.